The fourth-order valence-electron chi connectivity index (χ4n) is 3.96. The van der Waals surface area contributed by atoms with E-state index in [1.165, 1.54) is 17.0 Å². The van der Waals surface area contributed by atoms with Gasteiger partial charge in [-0.3, -0.25) is 19.3 Å². The number of nitrogens with zero attached hydrogens (tertiary/aromatic N) is 2. The highest BCUT2D eigenvalue weighted by atomic mass is 32.1. The van der Waals surface area contributed by atoms with Crippen LogP contribution in [0.5, 0.6) is 0 Å². The van der Waals surface area contributed by atoms with E-state index in [4.69, 9.17) is 15.9 Å². The molecule has 0 aliphatic rings. The van der Waals surface area contributed by atoms with Gasteiger partial charge < -0.3 is 21.2 Å². The first-order valence-corrected chi connectivity index (χ1v) is 12.4. The lowest BCUT2D eigenvalue weighted by Crippen LogP contribution is -2.44. The first kappa shape index (κ1) is 26.6. The predicted octanol–water partition coefficient (Wildman–Crippen LogP) is 4.19. The molecule has 0 saturated heterocycles. The van der Waals surface area contributed by atoms with Crippen molar-refractivity contribution in [3.05, 3.63) is 99.2 Å². The predicted molar refractivity (Wildman–Crippen MR) is 142 cm³/mol. The van der Waals surface area contributed by atoms with Gasteiger partial charge in [-0.2, -0.15) is 4.37 Å². The van der Waals surface area contributed by atoms with E-state index >= 15 is 0 Å². The first-order valence-electron chi connectivity index (χ1n) is 11.6. The van der Waals surface area contributed by atoms with Gasteiger partial charge in [0.15, 0.2) is 11.7 Å². The third-order valence-corrected chi connectivity index (χ3v) is 6.98. The summed E-state index contributed by atoms with van der Waals surface area (Å²) in [5, 5.41) is 2.82. The Kier molecular flexibility index (Phi) is 7.58. The quantitative estimate of drug-likeness (QED) is 0.309. The van der Waals surface area contributed by atoms with Gasteiger partial charge in [0.2, 0.25) is 0 Å². The SMILES string of the molecule is Cc1ccc([C@H](C(=O)NCc2ccc(F)cc2)N(C(=O)c2snc(C(N)=O)c2N)c2cccc(C)c2C)o1. The standard InChI is InChI=1S/C27H26FN5O4S/c1-14-5-4-6-19(16(14)3)33(27(36)24-21(29)22(25(30)34)32-38-24)23(20-12-7-15(2)37-20)26(35)31-13-17-8-10-18(28)11-9-17/h4-12,23H,13,29H2,1-3H3,(H2,30,34)(H,31,35)/t23-/m1/s1. The molecule has 1 atom stereocenters. The average Bonchev–Trinajstić information content (AvgIpc) is 3.48. The van der Waals surface area contributed by atoms with Gasteiger partial charge in [-0.25, -0.2) is 4.39 Å². The summed E-state index contributed by atoms with van der Waals surface area (Å²) >= 11 is 0.722. The highest BCUT2D eigenvalue weighted by molar-refractivity contribution is 7.09. The second kappa shape index (κ2) is 10.9. The molecule has 0 radical (unpaired) electrons. The molecule has 9 nitrogen and oxygen atoms in total. The Morgan fingerprint density at radius 3 is 2.39 bits per heavy atom. The molecule has 11 heteroatoms. The molecule has 0 fully saturated rings. The third-order valence-electron chi connectivity index (χ3n) is 6.13. The molecule has 2 heterocycles. The second-order valence-electron chi connectivity index (χ2n) is 8.73. The molecule has 3 amide bonds. The van der Waals surface area contributed by atoms with Crippen molar-refractivity contribution >= 4 is 40.6 Å². The average molecular weight is 536 g/mol. The van der Waals surface area contributed by atoms with Crippen LogP contribution in [0.1, 0.15) is 54.4 Å². The van der Waals surface area contributed by atoms with Crippen LogP contribution in [0.15, 0.2) is 59.0 Å². The van der Waals surface area contributed by atoms with Crippen LogP contribution in [0, 0.1) is 26.6 Å². The van der Waals surface area contributed by atoms with Crippen molar-refractivity contribution in [2.24, 2.45) is 5.73 Å². The number of benzene rings is 2. The summed E-state index contributed by atoms with van der Waals surface area (Å²) in [5.41, 5.74) is 13.8. The van der Waals surface area contributed by atoms with Crippen LogP contribution in [0.4, 0.5) is 15.8 Å². The molecular formula is C27H26FN5O4S. The van der Waals surface area contributed by atoms with Crippen molar-refractivity contribution in [3.63, 3.8) is 0 Å². The third kappa shape index (κ3) is 5.28. The molecule has 0 spiro atoms. The minimum atomic E-state index is -1.25. The smallest absolute Gasteiger partial charge is 0.273 e. The highest BCUT2D eigenvalue weighted by Gasteiger charge is 2.38. The number of nitrogens with one attached hydrogen (secondary N) is 1. The van der Waals surface area contributed by atoms with Crippen LogP contribution in [0.25, 0.3) is 0 Å². The lowest BCUT2D eigenvalue weighted by atomic mass is 10.0. The normalized spacial score (nSPS) is 11.7. The number of nitrogens with two attached hydrogens (primary N) is 2. The van der Waals surface area contributed by atoms with Gasteiger partial charge in [-0.1, -0.05) is 24.3 Å². The molecule has 4 aromatic rings. The van der Waals surface area contributed by atoms with Crippen molar-refractivity contribution in [1.82, 2.24) is 9.69 Å². The van der Waals surface area contributed by atoms with E-state index in [2.05, 4.69) is 9.69 Å². The van der Waals surface area contributed by atoms with Crippen LogP contribution in [-0.4, -0.2) is 22.1 Å². The van der Waals surface area contributed by atoms with Gasteiger partial charge in [-0.05, 0) is 79.3 Å². The number of carbonyl (C=O) groups is 3. The number of hydrogen-bond acceptors (Lipinski definition) is 7. The number of aromatic nitrogens is 1. The summed E-state index contributed by atoms with van der Waals surface area (Å²) in [5.74, 6) is -1.71. The summed E-state index contributed by atoms with van der Waals surface area (Å²) in [6.45, 7) is 5.52. The van der Waals surface area contributed by atoms with E-state index in [-0.39, 0.29) is 28.6 Å². The maximum atomic E-state index is 14.1. The number of amides is 3. The maximum absolute atomic E-state index is 14.1. The van der Waals surface area contributed by atoms with Crippen molar-refractivity contribution in [2.75, 3.05) is 10.6 Å². The Morgan fingerprint density at radius 2 is 1.79 bits per heavy atom. The number of carbonyl (C=O) groups excluding carboxylic acids is 3. The molecular weight excluding hydrogens is 509 g/mol. The zero-order chi connectivity index (χ0) is 27.6. The van der Waals surface area contributed by atoms with Crippen molar-refractivity contribution in [1.29, 1.82) is 0 Å². The summed E-state index contributed by atoms with van der Waals surface area (Å²) in [7, 11) is 0. The molecule has 196 valence electrons. The van der Waals surface area contributed by atoms with Crippen LogP contribution in [-0.2, 0) is 11.3 Å². The van der Waals surface area contributed by atoms with E-state index in [9.17, 15) is 18.8 Å². The molecule has 0 bridgehead atoms. The summed E-state index contributed by atoms with van der Waals surface area (Å²) < 4.78 is 23.1. The Labute approximate surface area is 222 Å². The number of nitrogen functional groups attached to an aromatic ring is 1. The van der Waals surface area contributed by atoms with Crippen molar-refractivity contribution < 1.29 is 23.2 Å². The Hall–Kier alpha value is -4.51. The van der Waals surface area contributed by atoms with Gasteiger partial charge in [0.05, 0.1) is 5.69 Å². The number of hydrogen-bond donors (Lipinski definition) is 3. The largest absolute Gasteiger partial charge is 0.464 e. The maximum Gasteiger partial charge on any atom is 0.273 e. The molecule has 38 heavy (non-hydrogen) atoms. The molecule has 0 unspecified atom stereocenters. The van der Waals surface area contributed by atoms with Crippen LogP contribution in [0.2, 0.25) is 0 Å². The molecule has 0 aliphatic carbocycles. The molecule has 0 saturated carbocycles. The summed E-state index contributed by atoms with van der Waals surface area (Å²) in [6, 6.07) is 13.1. The number of primary amides is 1. The van der Waals surface area contributed by atoms with Gasteiger partial charge in [0, 0.05) is 12.2 Å². The summed E-state index contributed by atoms with van der Waals surface area (Å²) in [6.07, 6.45) is 0. The molecule has 4 rings (SSSR count). The van der Waals surface area contributed by atoms with E-state index in [0.29, 0.717) is 17.0 Å². The lowest BCUT2D eigenvalue weighted by Gasteiger charge is -2.31. The Morgan fingerprint density at radius 1 is 1.08 bits per heavy atom. The molecule has 2 aromatic heterocycles. The van der Waals surface area contributed by atoms with Gasteiger partial charge >= 0.3 is 0 Å². The number of rotatable bonds is 8. The van der Waals surface area contributed by atoms with E-state index < -0.39 is 29.6 Å². The Bertz CT molecular complexity index is 1510. The van der Waals surface area contributed by atoms with E-state index in [1.807, 2.05) is 19.9 Å². The van der Waals surface area contributed by atoms with Crippen molar-refractivity contribution in [3.8, 4) is 0 Å². The fraction of sp³-hybridized carbons (Fsp3) is 0.185. The molecule has 2 aromatic carbocycles. The second-order valence-corrected chi connectivity index (χ2v) is 9.50. The van der Waals surface area contributed by atoms with E-state index in [1.54, 1.807) is 43.3 Å². The zero-order valence-electron chi connectivity index (χ0n) is 20.9. The minimum Gasteiger partial charge on any atom is -0.464 e. The first-order chi connectivity index (χ1) is 18.1. The van der Waals surface area contributed by atoms with Gasteiger partial charge in [0.1, 0.15) is 22.2 Å². The van der Waals surface area contributed by atoms with Crippen LogP contribution >= 0.6 is 11.5 Å². The number of halogens is 1. The lowest BCUT2D eigenvalue weighted by molar-refractivity contribution is -0.123. The van der Waals surface area contributed by atoms with Gasteiger partial charge in [-0.15, -0.1) is 0 Å². The van der Waals surface area contributed by atoms with E-state index in [0.717, 1.165) is 22.7 Å². The van der Waals surface area contributed by atoms with Gasteiger partial charge in [0.25, 0.3) is 17.7 Å². The zero-order valence-corrected chi connectivity index (χ0v) is 21.8. The molecule has 0 aliphatic heterocycles. The molecule has 5 N–H and O–H groups in total. The van der Waals surface area contributed by atoms with Crippen LogP contribution in [0.3, 0.4) is 0 Å². The number of aryl methyl sites for hydroxylation is 2. The minimum absolute atomic E-state index is 0.0423. The highest BCUT2D eigenvalue weighted by Crippen LogP contribution is 2.36. The monoisotopic (exact) mass is 535 g/mol. The van der Waals surface area contributed by atoms with Crippen molar-refractivity contribution in [2.45, 2.75) is 33.4 Å². The fourth-order valence-corrected chi connectivity index (χ4v) is 4.71. The Balaban J connectivity index is 1.83. The topological polar surface area (TPSA) is 145 Å². The number of anilines is 2. The number of furan rings is 1. The summed E-state index contributed by atoms with van der Waals surface area (Å²) in [4.78, 5) is 40.9. The van der Waals surface area contributed by atoms with Crippen LogP contribution < -0.4 is 21.7 Å².